The Bertz CT molecular complexity index is 1300. The van der Waals surface area contributed by atoms with Crippen LogP contribution in [-0.4, -0.2) is 38.9 Å². The van der Waals surface area contributed by atoms with Crippen LogP contribution in [0.25, 0.3) is 16.9 Å². The molecule has 0 aliphatic heterocycles. The van der Waals surface area contributed by atoms with E-state index in [9.17, 15) is 9.59 Å². The van der Waals surface area contributed by atoms with Crippen LogP contribution in [0, 0.1) is 13.8 Å². The third kappa shape index (κ3) is 4.79. The topological polar surface area (TPSA) is 67.2 Å². The van der Waals surface area contributed by atoms with Gasteiger partial charge in [0, 0.05) is 23.5 Å². The van der Waals surface area contributed by atoms with Crippen LogP contribution >= 0.6 is 11.3 Å². The second kappa shape index (κ2) is 9.27. The van der Waals surface area contributed by atoms with Gasteiger partial charge in [0.1, 0.15) is 6.54 Å². The molecule has 34 heavy (non-hydrogen) atoms. The number of nitrogens with one attached hydrogen (secondary N) is 1. The van der Waals surface area contributed by atoms with Crippen molar-refractivity contribution in [3.8, 4) is 16.9 Å². The van der Waals surface area contributed by atoms with Gasteiger partial charge in [-0.1, -0.05) is 53.6 Å². The molecule has 0 radical (unpaired) electrons. The molecule has 0 atom stereocenters. The molecular formula is C27H26N4O2S. The molecule has 2 aromatic heterocycles. The third-order valence-corrected chi connectivity index (χ3v) is 6.77. The summed E-state index contributed by atoms with van der Waals surface area (Å²) < 4.78 is 1.88. The fourth-order valence-corrected chi connectivity index (χ4v) is 4.53. The Labute approximate surface area is 202 Å². The van der Waals surface area contributed by atoms with E-state index in [0.29, 0.717) is 10.8 Å². The van der Waals surface area contributed by atoms with Gasteiger partial charge in [0.25, 0.3) is 5.91 Å². The summed E-state index contributed by atoms with van der Waals surface area (Å²) in [7, 11) is 0. The highest BCUT2D eigenvalue weighted by Gasteiger charge is 2.35. The molecule has 0 bridgehead atoms. The highest BCUT2D eigenvalue weighted by atomic mass is 32.1. The van der Waals surface area contributed by atoms with E-state index in [4.69, 9.17) is 4.98 Å². The first-order valence-electron chi connectivity index (χ1n) is 11.4. The van der Waals surface area contributed by atoms with Crippen LogP contribution in [0.2, 0.25) is 0 Å². The maximum atomic E-state index is 13.1. The molecule has 4 aromatic rings. The summed E-state index contributed by atoms with van der Waals surface area (Å²) >= 11 is 1.40. The van der Waals surface area contributed by atoms with Gasteiger partial charge in [0.05, 0.1) is 10.6 Å². The molecule has 2 heterocycles. The number of benzene rings is 2. The molecule has 1 saturated carbocycles. The number of carbonyl (C=O) groups is 2. The minimum absolute atomic E-state index is 0.00201. The molecule has 0 unspecified atom stereocenters. The quantitative estimate of drug-likeness (QED) is 0.390. The van der Waals surface area contributed by atoms with Gasteiger partial charge in [0.2, 0.25) is 11.9 Å². The number of hydrogen-bond donors (Lipinski definition) is 1. The highest BCUT2D eigenvalue weighted by Crippen LogP contribution is 2.29. The Morgan fingerprint density at radius 1 is 1.03 bits per heavy atom. The van der Waals surface area contributed by atoms with E-state index in [-0.39, 0.29) is 24.4 Å². The van der Waals surface area contributed by atoms with Crippen molar-refractivity contribution in [2.24, 2.45) is 0 Å². The number of carbonyl (C=O) groups excluding carboxylic acids is 2. The summed E-state index contributed by atoms with van der Waals surface area (Å²) in [6.07, 6.45) is 3.79. The molecule has 2 amide bonds. The largest absolute Gasteiger partial charge is 0.326 e. The average molecular weight is 471 g/mol. The van der Waals surface area contributed by atoms with Gasteiger partial charge < -0.3 is 4.90 Å². The predicted octanol–water partition coefficient (Wildman–Crippen LogP) is 5.46. The first-order valence-corrected chi connectivity index (χ1v) is 12.2. The molecule has 2 aromatic carbocycles. The van der Waals surface area contributed by atoms with Gasteiger partial charge in [-0.2, -0.15) is 0 Å². The maximum Gasteiger partial charge on any atom is 0.264 e. The van der Waals surface area contributed by atoms with Crippen LogP contribution < -0.4 is 5.32 Å². The molecule has 6 nitrogen and oxygen atoms in total. The van der Waals surface area contributed by atoms with Crippen LogP contribution in [0.1, 0.15) is 33.6 Å². The third-order valence-electron chi connectivity index (χ3n) is 5.91. The van der Waals surface area contributed by atoms with Crippen molar-refractivity contribution in [1.82, 2.24) is 14.5 Å². The fourth-order valence-electron chi connectivity index (χ4n) is 3.85. The Morgan fingerprint density at radius 3 is 2.32 bits per heavy atom. The number of rotatable bonds is 7. The zero-order valence-electron chi connectivity index (χ0n) is 19.2. The molecule has 0 spiro atoms. The molecule has 1 N–H and O–H groups in total. The molecule has 1 fully saturated rings. The first kappa shape index (κ1) is 22.1. The van der Waals surface area contributed by atoms with Crippen LogP contribution in [0.5, 0.6) is 0 Å². The molecular weight excluding hydrogens is 444 g/mol. The molecule has 5 rings (SSSR count). The minimum Gasteiger partial charge on any atom is -0.326 e. The average Bonchev–Trinajstić information content (AvgIpc) is 3.35. The van der Waals surface area contributed by atoms with Gasteiger partial charge in [-0.3, -0.25) is 19.5 Å². The summed E-state index contributed by atoms with van der Waals surface area (Å²) in [5.41, 5.74) is 4.97. The number of aryl methyl sites for hydroxylation is 2. The number of nitrogens with zero attached hydrogens (tertiary/aromatic N) is 3. The number of anilines is 1. The Hall–Kier alpha value is -3.71. The Balaban J connectivity index is 1.42. The summed E-state index contributed by atoms with van der Waals surface area (Å²) in [6.45, 7) is 4.08. The lowest BCUT2D eigenvalue weighted by Crippen LogP contribution is -2.39. The van der Waals surface area contributed by atoms with Gasteiger partial charge in [-0.15, -0.1) is 11.3 Å². The smallest absolute Gasteiger partial charge is 0.264 e. The highest BCUT2D eigenvalue weighted by molar-refractivity contribution is 7.12. The number of amides is 2. The lowest BCUT2D eigenvalue weighted by atomic mass is 10.1. The van der Waals surface area contributed by atoms with Crippen molar-refractivity contribution in [2.75, 3.05) is 11.9 Å². The van der Waals surface area contributed by atoms with E-state index in [0.717, 1.165) is 35.3 Å². The van der Waals surface area contributed by atoms with E-state index in [1.807, 2.05) is 84.6 Å². The molecule has 0 saturated heterocycles. The Kier molecular flexibility index (Phi) is 6.02. The van der Waals surface area contributed by atoms with E-state index in [1.165, 1.54) is 16.9 Å². The van der Waals surface area contributed by atoms with Gasteiger partial charge in [-0.05, 0) is 50.3 Å². The van der Waals surface area contributed by atoms with Gasteiger partial charge >= 0.3 is 0 Å². The van der Waals surface area contributed by atoms with Crippen molar-refractivity contribution >= 4 is 29.1 Å². The van der Waals surface area contributed by atoms with Gasteiger partial charge in [-0.25, -0.2) is 4.98 Å². The fraction of sp³-hybridized carbons (Fsp3) is 0.222. The van der Waals surface area contributed by atoms with E-state index in [2.05, 4.69) is 5.32 Å². The molecule has 1 aliphatic carbocycles. The van der Waals surface area contributed by atoms with Crippen LogP contribution in [0.3, 0.4) is 0 Å². The SMILES string of the molecule is Cc1ccc(-c2cn(-c3ccc(C)cc3)c(NC(=O)CN(C(=O)c3cccs3)C3CC3)n2)cc1. The second-order valence-corrected chi connectivity index (χ2v) is 9.66. The molecule has 7 heteroatoms. The van der Waals surface area contributed by atoms with Crippen molar-refractivity contribution in [3.63, 3.8) is 0 Å². The zero-order valence-corrected chi connectivity index (χ0v) is 20.0. The monoisotopic (exact) mass is 470 g/mol. The summed E-state index contributed by atoms with van der Waals surface area (Å²) in [5.74, 6) is 0.0878. The van der Waals surface area contributed by atoms with Gasteiger partial charge in [0.15, 0.2) is 0 Å². The number of hydrogen-bond acceptors (Lipinski definition) is 4. The normalized spacial score (nSPS) is 13.0. The van der Waals surface area contributed by atoms with Crippen molar-refractivity contribution in [3.05, 3.63) is 88.2 Å². The van der Waals surface area contributed by atoms with Crippen molar-refractivity contribution in [2.45, 2.75) is 32.7 Å². The van der Waals surface area contributed by atoms with Crippen LogP contribution in [-0.2, 0) is 4.79 Å². The van der Waals surface area contributed by atoms with E-state index < -0.39 is 0 Å². The minimum atomic E-state index is -0.258. The standard InChI is InChI=1S/C27H26N4O2S/c1-18-5-9-20(10-6-18)23-16-31(22-11-7-19(2)8-12-22)27(28-23)29-25(32)17-30(21-13-14-21)26(33)24-4-3-15-34-24/h3-12,15-16,21H,13-14,17H2,1-2H3,(H,28,29,32). The van der Waals surface area contributed by atoms with E-state index >= 15 is 0 Å². The van der Waals surface area contributed by atoms with Crippen molar-refractivity contribution < 1.29 is 9.59 Å². The van der Waals surface area contributed by atoms with Crippen LogP contribution in [0.15, 0.2) is 72.2 Å². The number of imidazole rings is 1. The summed E-state index contributed by atoms with van der Waals surface area (Å²) in [4.78, 5) is 33.1. The lowest BCUT2D eigenvalue weighted by molar-refractivity contribution is -0.117. The predicted molar refractivity (Wildman–Crippen MR) is 135 cm³/mol. The number of aromatic nitrogens is 2. The number of thiophene rings is 1. The summed E-state index contributed by atoms with van der Waals surface area (Å²) in [5, 5.41) is 4.84. The summed E-state index contributed by atoms with van der Waals surface area (Å²) in [6, 6.07) is 20.0. The van der Waals surface area contributed by atoms with Crippen LogP contribution in [0.4, 0.5) is 5.95 Å². The zero-order chi connectivity index (χ0) is 23.7. The molecule has 1 aliphatic rings. The lowest BCUT2D eigenvalue weighted by Gasteiger charge is -2.21. The van der Waals surface area contributed by atoms with E-state index in [1.54, 1.807) is 11.0 Å². The second-order valence-electron chi connectivity index (χ2n) is 8.71. The Morgan fingerprint density at radius 2 is 1.71 bits per heavy atom. The first-order chi connectivity index (χ1) is 16.5. The van der Waals surface area contributed by atoms with Crippen molar-refractivity contribution in [1.29, 1.82) is 0 Å². The molecule has 172 valence electrons. The maximum absolute atomic E-state index is 13.1.